The smallest absolute Gasteiger partial charge is 0.259 e. The number of aliphatic hydroxyl groups is 1. The highest BCUT2D eigenvalue weighted by molar-refractivity contribution is 7.78. The molecule has 346 valence electrons. The zero-order valence-corrected chi connectivity index (χ0v) is 42.1. The summed E-state index contributed by atoms with van der Waals surface area (Å²) in [5.74, 6) is 0. The maximum absolute atomic E-state index is 8.68. The van der Waals surface area contributed by atoms with E-state index in [-0.39, 0.29) is 14.0 Å². The first-order valence-corrected chi connectivity index (χ1v) is 24.1. The van der Waals surface area contributed by atoms with E-state index in [9.17, 15) is 0 Å². The maximum Gasteiger partial charge on any atom is 0.259 e. The highest BCUT2D eigenvalue weighted by atomic mass is 35.7. The normalized spacial score (nSPS) is 11.7. The summed E-state index contributed by atoms with van der Waals surface area (Å²) in [6, 6.07) is 20.2. The van der Waals surface area contributed by atoms with Crippen LogP contribution < -0.4 is 0 Å². The first-order valence-electron chi connectivity index (χ1n) is 20.8. The van der Waals surface area contributed by atoms with Gasteiger partial charge in [0.15, 0.2) is 0 Å². The van der Waals surface area contributed by atoms with Crippen LogP contribution in [0.5, 0.6) is 0 Å². The Balaban J connectivity index is -0.000000750. The third kappa shape index (κ3) is 32.5. The Morgan fingerprint density at radius 2 is 1.10 bits per heavy atom. The summed E-state index contributed by atoms with van der Waals surface area (Å²) in [5.41, 5.74) is 5.63. The maximum atomic E-state index is 8.68. The number of nitriles is 3. The number of hydrogen-bond acceptors (Lipinski definition) is 9. The van der Waals surface area contributed by atoms with Crippen LogP contribution in [0, 0.1) is 46.3 Å². The van der Waals surface area contributed by atoms with Crippen LogP contribution in [0.15, 0.2) is 61.2 Å². The van der Waals surface area contributed by atoms with Gasteiger partial charge in [-0.15, -0.1) is 0 Å². The van der Waals surface area contributed by atoms with Gasteiger partial charge in [-0.2, -0.15) is 15.8 Å². The van der Waals surface area contributed by atoms with Crippen molar-refractivity contribution >= 4 is 27.4 Å². The van der Waals surface area contributed by atoms with E-state index in [1.165, 1.54) is 29.2 Å². The molecule has 2 unspecified atom stereocenters. The Hall–Kier alpha value is -2.84. The summed E-state index contributed by atoms with van der Waals surface area (Å²) in [4.78, 5) is 0. The van der Waals surface area contributed by atoms with Crippen LogP contribution in [0.1, 0.15) is 126 Å². The minimum atomic E-state index is -1.13. The molecule has 1 aromatic carbocycles. The van der Waals surface area contributed by atoms with Crippen molar-refractivity contribution in [3.8, 4) is 18.2 Å². The van der Waals surface area contributed by atoms with Crippen molar-refractivity contribution in [2.45, 2.75) is 154 Å². The number of benzene rings is 1. The molecule has 2 heterocycles. The molecule has 0 aliphatic carbocycles. The van der Waals surface area contributed by atoms with Gasteiger partial charge in [0.25, 0.3) is 8.53 Å². The van der Waals surface area contributed by atoms with E-state index in [4.69, 9.17) is 45.7 Å². The Labute approximate surface area is 380 Å². The summed E-state index contributed by atoms with van der Waals surface area (Å²) in [6.45, 7) is 29.0. The summed E-state index contributed by atoms with van der Waals surface area (Å²) in [5, 5.41) is 32.9. The molecule has 2 atom stereocenters. The third-order valence-corrected chi connectivity index (χ3v) is 12.6. The van der Waals surface area contributed by atoms with Crippen LogP contribution in [-0.2, 0) is 46.9 Å². The molecular formula is C47H82ClN7O4P2. The van der Waals surface area contributed by atoms with Crippen molar-refractivity contribution in [2.24, 2.45) is 19.5 Å². The zero-order chi connectivity index (χ0) is 46.3. The van der Waals surface area contributed by atoms with Crippen molar-refractivity contribution in [3.63, 3.8) is 0 Å². The quantitative estimate of drug-likeness (QED) is 0.0921. The molecule has 3 rings (SSSR count). The van der Waals surface area contributed by atoms with Crippen LogP contribution >= 0.6 is 27.4 Å². The first-order chi connectivity index (χ1) is 28.2. The van der Waals surface area contributed by atoms with Crippen LogP contribution in [-0.4, -0.2) is 74.2 Å². The fourth-order valence-corrected chi connectivity index (χ4v) is 9.56. The number of halogens is 1. The lowest BCUT2D eigenvalue weighted by Crippen LogP contribution is -2.33. The van der Waals surface area contributed by atoms with Gasteiger partial charge < -0.3 is 27.8 Å². The standard InChI is InChI=1S/C16H28N3O2P.C12H18.C9H18ClN2OP.C7H11NO.C2H3N.CH4/c1-14(2)19(15(3)4)22(20-11-6-9-17)21-12-8-16-7-10-18(5)13-16;1-10-5-7-11(8-6-10)9-12(2,3)4;1-8(2)12(9(3)4)14(10)13-7-5-6-11;1-8-4-2-7(6-8)3-5-9;1-2-3;/h7,10,13-15H,6,8,11-12H2,1-5H3;5-8H,9H2,1-4H3;8-9H,5,7H2,1-4H3;2,4,6,9H,3,5H2,1H3;1H3;1H4. The molecule has 3 aromatic rings. The van der Waals surface area contributed by atoms with Crippen molar-refractivity contribution in [3.05, 3.63) is 83.4 Å². The molecule has 0 amide bonds. The number of nitrogens with zero attached hydrogens (tertiary/aromatic N) is 7. The lowest BCUT2D eigenvalue weighted by atomic mass is 9.88. The van der Waals surface area contributed by atoms with Gasteiger partial charge in [-0.25, -0.2) is 9.34 Å². The molecule has 0 radical (unpaired) electrons. The predicted octanol–water partition coefficient (Wildman–Crippen LogP) is 12.7. The Morgan fingerprint density at radius 3 is 1.46 bits per heavy atom. The molecule has 0 fully saturated rings. The van der Waals surface area contributed by atoms with Gasteiger partial charge in [0.2, 0.25) is 7.65 Å². The van der Waals surface area contributed by atoms with E-state index in [0.29, 0.717) is 62.2 Å². The van der Waals surface area contributed by atoms with Gasteiger partial charge in [0.1, 0.15) is 0 Å². The highest BCUT2D eigenvalue weighted by Gasteiger charge is 2.27. The average Bonchev–Trinajstić information content (AvgIpc) is 3.76. The number of aromatic nitrogens is 2. The van der Waals surface area contributed by atoms with E-state index in [1.807, 2.05) is 54.0 Å². The molecule has 0 saturated carbocycles. The van der Waals surface area contributed by atoms with Crippen LogP contribution in [0.3, 0.4) is 0 Å². The summed E-state index contributed by atoms with van der Waals surface area (Å²) in [7, 11) is 1.78. The van der Waals surface area contributed by atoms with E-state index in [2.05, 4.69) is 135 Å². The molecule has 11 nitrogen and oxygen atoms in total. The second-order valence-electron chi connectivity index (χ2n) is 16.5. The molecule has 0 spiro atoms. The van der Waals surface area contributed by atoms with Gasteiger partial charge in [0, 0.05) is 76.6 Å². The van der Waals surface area contributed by atoms with Crippen molar-refractivity contribution < 1.29 is 18.7 Å². The summed E-state index contributed by atoms with van der Waals surface area (Å²) < 4.78 is 25.7. The summed E-state index contributed by atoms with van der Waals surface area (Å²) in [6.07, 6.45) is 11.7. The predicted molar refractivity (Wildman–Crippen MR) is 260 cm³/mol. The fourth-order valence-electron chi connectivity index (χ4n) is 5.61. The van der Waals surface area contributed by atoms with Crippen LogP contribution in [0.4, 0.5) is 0 Å². The third-order valence-electron chi connectivity index (χ3n) is 7.95. The lowest BCUT2D eigenvalue weighted by molar-refractivity contribution is 0.177. The molecule has 0 bridgehead atoms. The van der Waals surface area contributed by atoms with E-state index < -0.39 is 16.2 Å². The van der Waals surface area contributed by atoms with Gasteiger partial charge in [-0.3, -0.25) is 0 Å². The molecule has 0 aliphatic heterocycles. The zero-order valence-electron chi connectivity index (χ0n) is 39.5. The number of aryl methyl sites for hydroxylation is 3. The second-order valence-corrected chi connectivity index (χ2v) is 19.9. The molecule has 1 N–H and O–H groups in total. The van der Waals surface area contributed by atoms with Gasteiger partial charge >= 0.3 is 0 Å². The van der Waals surface area contributed by atoms with Gasteiger partial charge in [0.05, 0.1) is 50.9 Å². The average molecular weight is 907 g/mol. The van der Waals surface area contributed by atoms with Crippen molar-refractivity contribution in [1.82, 2.24) is 18.5 Å². The largest absolute Gasteiger partial charge is 0.396 e. The lowest BCUT2D eigenvalue weighted by Gasteiger charge is -2.35. The molecule has 2 aromatic heterocycles. The molecular weight excluding hydrogens is 824 g/mol. The SMILES string of the molecule is C.CC#N.CC(C)N(C(C)C)P(Cl)OCCC#N.CC(C)N(C(C)C)P(OCCC#N)OCCc1ccn(C)c1.Cc1ccc(CC(C)(C)C)cc1.Cn1ccc(CCO)c1. The van der Waals surface area contributed by atoms with E-state index >= 15 is 0 Å². The van der Waals surface area contributed by atoms with E-state index in [0.717, 1.165) is 19.3 Å². The monoisotopic (exact) mass is 906 g/mol. The number of aliphatic hydroxyl groups excluding tert-OH is 1. The van der Waals surface area contributed by atoms with Crippen LogP contribution in [0.25, 0.3) is 0 Å². The topological polar surface area (TPSA) is 136 Å². The number of hydrogen-bond donors (Lipinski definition) is 1. The van der Waals surface area contributed by atoms with E-state index in [1.54, 1.807) is 6.07 Å². The van der Waals surface area contributed by atoms with Crippen LogP contribution in [0.2, 0.25) is 0 Å². The fraction of sp³-hybridized carbons (Fsp3) is 0.638. The summed E-state index contributed by atoms with van der Waals surface area (Å²) >= 11 is 6.13. The first kappa shape index (κ1) is 62.5. The van der Waals surface area contributed by atoms with Gasteiger partial charge in [-0.1, -0.05) is 58.0 Å². The minimum absolute atomic E-state index is 0. The molecule has 0 aliphatic rings. The Bertz CT molecular complexity index is 1610. The second kappa shape index (κ2) is 36.6. The van der Waals surface area contributed by atoms with Crippen molar-refractivity contribution in [1.29, 1.82) is 15.8 Å². The van der Waals surface area contributed by atoms with Gasteiger partial charge in [-0.05, 0) is 127 Å². The molecule has 14 heteroatoms. The Kier molecular flexibility index (Phi) is 37.5. The number of rotatable bonds is 19. The minimum Gasteiger partial charge on any atom is -0.396 e. The molecule has 0 saturated heterocycles. The molecule has 61 heavy (non-hydrogen) atoms. The van der Waals surface area contributed by atoms with Crippen molar-refractivity contribution in [2.75, 3.05) is 26.4 Å². The highest BCUT2D eigenvalue weighted by Crippen LogP contribution is 2.49. The Morgan fingerprint density at radius 1 is 0.689 bits per heavy atom.